The minimum Gasteiger partial charge on any atom is -0.396 e. The number of hydrogen-bond donors (Lipinski definition) is 4. The molecule has 0 radical (unpaired) electrons. The van der Waals surface area contributed by atoms with Crippen molar-refractivity contribution in [3.05, 3.63) is 51.9 Å². The molecule has 0 saturated carbocycles. The Morgan fingerprint density at radius 2 is 1.94 bits per heavy atom. The second-order valence-electron chi connectivity index (χ2n) is 8.68. The molecule has 3 heterocycles. The monoisotopic (exact) mass is 480 g/mol. The van der Waals surface area contributed by atoms with Gasteiger partial charge in [0.1, 0.15) is 16.7 Å². The molecule has 1 fully saturated rings. The van der Waals surface area contributed by atoms with Crippen molar-refractivity contribution < 1.29 is 9.90 Å². The standard InChI is InChI=1S/C24H32N8O3/c1-2-3-18(8-13-33)28-21-20-19(29-24(25)30-21)14-27-32(23(20)35)15-16-4-6-17(7-5-16)22(34)31-11-9-26-10-12-31/h4-7,14,18,26,33H,2-3,8-13,15H2,1H3,(H3,25,28,29,30). The van der Waals surface area contributed by atoms with Crippen LogP contribution in [0.15, 0.2) is 35.3 Å². The zero-order valence-electron chi connectivity index (χ0n) is 19.9. The topological polar surface area (TPSA) is 151 Å². The SMILES string of the molecule is CCCC(CCO)Nc1nc(N)nc2cnn(Cc3ccc(C(=O)N4CCNCC4)cc3)c(=O)c12. The van der Waals surface area contributed by atoms with Crippen LogP contribution in [0.3, 0.4) is 0 Å². The molecule has 11 heteroatoms. The maximum absolute atomic E-state index is 13.4. The number of aromatic nitrogens is 4. The van der Waals surface area contributed by atoms with Gasteiger partial charge in [-0.15, -0.1) is 0 Å². The Labute approximate surface area is 203 Å². The Morgan fingerprint density at radius 1 is 1.20 bits per heavy atom. The summed E-state index contributed by atoms with van der Waals surface area (Å²) in [6.07, 6.45) is 3.75. The molecule has 1 amide bonds. The van der Waals surface area contributed by atoms with E-state index in [-0.39, 0.29) is 36.6 Å². The lowest BCUT2D eigenvalue weighted by atomic mass is 10.1. The van der Waals surface area contributed by atoms with E-state index < -0.39 is 0 Å². The molecule has 5 N–H and O–H groups in total. The smallest absolute Gasteiger partial charge is 0.280 e. The van der Waals surface area contributed by atoms with Crippen molar-refractivity contribution in [2.45, 2.75) is 38.8 Å². The molecule has 3 aromatic rings. The van der Waals surface area contributed by atoms with Crippen LogP contribution in [0.2, 0.25) is 0 Å². The maximum Gasteiger partial charge on any atom is 0.280 e. The number of hydrogen-bond acceptors (Lipinski definition) is 9. The third-order valence-corrected chi connectivity index (χ3v) is 6.11. The van der Waals surface area contributed by atoms with Gasteiger partial charge in [0, 0.05) is 44.4 Å². The van der Waals surface area contributed by atoms with Gasteiger partial charge in [-0.3, -0.25) is 9.59 Å². The number of anilines is 2. The van der Waals surface area contributed by atoms with Crippen molar-refractivity contribution in [2.24, 2.45) is 0 Å². The van der Waals surface area contributed by atoms with Crippen molar-refractivity contribution >= 4 is 28.6 Å². The van der Waals surface area contributed by atoms with Crippen molar-refractivity contribution in [1.82, 2.24) is 30.0 Å². The zero-order valence-corrected chi connectivity index (χ0v) is 19.9. The van der Waals surface area contributed by atoms with Crippen LogP contribution in [0.25, 0.3) is 10.9 Å². The number of amides is 1. The lowest BCUT2D eigenvalue weighted by Crippen LogP contribution is -2.46. The van der Waals surface area contributed by atoms with E-state index in [0.717, 1.165) is 31.5 Å². The summed E-state index contributed by atoms with van der Waals surface area (Å²) in [5.41, 5.74) is 7.35. The number of aliphatic hydroxyl groups excluding tert-OH is 1. The third kappa shape index (κ3) is 5.75. The van der Waals surface area contributed by atoms with Crippen LogP contribution < -0.4 is 21.9 Å². The Morgan fingerprint density at radius 3 is 2.63 bits per heavy atom. The number of piperazine rings is 1. The third-order valence-electron chi connectivity index (χ3n) is 6.11. The molecule has 11 nitrogen and oxygen atoms in total. The number of benzene rings is 1. The van der Waals surface area contributed by atoms with Gasteiger partial charge < -0.3 is 26.4 Å². The largest absolute Gasteiger partial charge is 0.396 e. The Kier molecular flexibility index (Phi) is 7.88. The highest BCUT2D eigenvalue weighted by molar-refractivity contribution is 5.94. The van der Waals surface area contributed by atoms with Gasteiger partial charge in [-0.05, 0) is 30.5 Å². The van der Waals surface area contributed by atoms with E-state index in [1.54, 1.807) is 12.1 Å². The minimum atomic E-state index is -0.342. The number of nitrogens with two attached hydrogens (primary N) is 1. The number of nitrogens with one attached hydrogen (secondary N) is 2. The fourth-order valence-electron chi connectivity index (χ4n) is 4.29. The number of carbonyl (C=O) groups excluding carboxylic acids is 1. The van der Waals surface area contributed by atoms with Gasteiger partial charge in [-0.1, -0.05) is 25.5 Å². The minimum absolute atomic E-state index is 0.00835. The highest BCUT2D eigenvalue weighted by Crippen LogP contribution is 2.20. The van der Waals surface area contributed by atoms with Crippen LogP contribution in [0.5, 0.6) is 0 Å². The lowest BCUT2D eigenvalue weighted by molar-refractivity contribution is 0.0736. The number of fused-ring (bicyclic) bond motifs is 1. The molecule has 35 heavy (non-hydrogen) atoms. The van der Waals surface area contributed by atoms with E-state index in [2.05, 4.69) is 32.6 Å². The fourth-order valence-corrected chi connectivity index (χ4v) is 4.29. The van der Waals surface area contributed by atoms with Crippen LogP contribution in [-0.2, 0) is 6.54 Å². The molecule has 1 unspecified atom stereocenters. The first-order chi connectivity index (χ1) is 17.0. The molecular formula is C24H32N8O3. The maximum atomic E-state index is 13.4. The first-order valence-electron chi connectivity index (χ1n) is 12.0. The van der Waals surface area contributed by atoms with E-state index in [1.165, 1.54) is 10.9 Å². The molecule has 1 saturated heterocycles. The molecule has 0 aliphatic carbocycles. The normalized spacial score (nSPS) is 14.7. The molecule has 1 aliphatic rings. The van der Waals surface area contributed by atoms with Crippen molar-refractivity contribution in [2.75, 3.05) is 43.8 Å². The average Bonchev–Trinajstić information content (AvgIpc) is 2.86. The summed E-state index contributed by atoms with van der Waals surface area (Å²) in [6, 6.07) is 7.19. The van der Waals surface area contributed by atoms with Crippen molar-refractivity contribution in [3.63, 3.8) is 0 Å². The number of carbonyl (C=O) groups is 1. The van der Waals surface area contributed by atoms with Crippen LogP contribution in [0.4, 0.5) is 11.8 Å². The van der Waals surface area contributed by atoms with Gasteiger partial charge in [0.25, 0.3) is 11.5 Å². The van der Waals surface area contributed by atoms with Crippen molar-refractivity contribution in [1.29, 1.82) is 0 Å². The summed E-state index contributed by atoms with van der Waals surface area (Å²) >= 11 is 0. The van der Waals surface area contributed by atoms with Gasteiger partial charge in [0.2, 0.25) is 5.95 Å². The molecule has 0 spiro atoms. The molecule has 4 rings (SSSR count). The van der Waals surface area contributed by atoms with Gasteiger partial charge in [0.05, 0.1) is 12.7 Å². The van der Waals surface area contributed by atoms with Gasteiger partial charge in [-0.2, -0.15) is 10.1 Å². The molecular weight excluding hydrogens is 448 g/mol. The fraction of sp³-hybridized carbons (Fsp3) is 0.458. The zero-order chi connectivity index (χ0) is 24.8. The van der Waals surface area contributed by atoms with E-state index in [9.17, 15) is 14.7 Å². The van der Waals surface area contributed by atoms with E-state index in [0.29, 0.717) is 41.8 Å². The number of rotatable bonds is 9. The van der Waals surface area contributed by atoms with E-state index >= 15 is 0 Å². The van der Waals surface area contributed by atoms with Gasteiger partial charge >= 0.3 is 0 Å². The summed E-state index contributed by atoms with van der Waals surface area (Å²) in [7, 11) is 0. The quantitative estimate of drug-likeness (QED) is 0.349. The van der Waals surface area contributed by atoms with E-state index in [1.807, 2.05) is 17.0 Å². The van der Waals surface area contributed by atoms with Crippen LogP contribution >= 0.6 is 0 Å². The second-order valence-corrected chi connectivity index (χ2v) is 8.68. The van der Waals surface area contributed by atoms with Gasteiger partial charge in [0.15, 0.2) is 0 Å². The predicted molar refractivity (Wildman–Crippen MR) is 134 cm³/mol. The second kappa shape index (κ2) is 11.2. The predicted octanol–water partition coefficient (Wildman–Crippen LogP) is 0.825. The average molecular weight is 481 g/mol. The summed E-state index contributed by atoms with van der Waals surface area (Å²) in [5.74, 6) is 0.398. The summed E-state index contributed by atoms with van der Waals surface area (Å²) in [6.45, 7) is 5.29. The summed E-state index contributed by atoms with van der Waals surface area (Å²) in [4.78, 5) is 36.4. The Balaban J connectivity index is 1.59. The van der Waals surface area contributed by atoms with Gasteiger partial charge in [-0.25, -0.2) is 9.67 Å². The lowest BCUT2D eigenvalue weighted by Gasteiger charge is -2.27. The Bertz CT molecular complexity index is 1220. The number of aliphatic hydroxyl groups is 1. The van der Waals surface area contributed by atoms with Crippen molar-refractivity contribution in [3.8, 4) is 0 Å². The van der Waals surface area contributed by atoms with Crippen LogP contribution in [0.1, 0.15) is 42.1 Å². The molecule has 1 aliphatic heterocycles. The first kappa shape index (κ1) is 24.6. The Hall–Kier alpha value is -3.57. The van der Waals surface area contributed by atoms with Crippen LogP contribution in [-0.4, -0.2) is 74.5 Å². The number of nitrogens with zero attached hydrogens (tertiary/aromatic N) is 5. The molecule has 2 aromatic heterocycles. The summed E-state index contributed by atoms with van der Waals surface area (Å²) in [5, 5.41) is 20.5. The molecule has 186 valence electrons. The number of nitrogen functional groups attached to an aromatic ring is 1. The highest BCUT2D eigenvalue weighted by atomic mass is 16.3. The molecule has 1 atom stereocenters. The van der Waals surface area contributed by atoms with E-state index in [4.69, 9.17) is 5.73 Å². The first-order valence-corrected chi connectivity index (χ1v) is 12.0. The molecule has 0 bridgehead atoms. The van der Waals surface area contributed by atoms with Crippen LogP contribution in [0, 0.1) is 0 Å². The summed E-state index contributed by atoms with van der Waals surface area (Å²) < 4.78 is 1.35. The highest BCUT2D eigenvalue weighted by Gasteiger charge is 2.19. The molecule has 1 aromatic carbocycles.